The Hall–Kier alpha value is -5.41. The smallest absolute Gasteiger partial charge is 0.160 e. The van der Waals surface area contributed by atoms with Crippen molar-refractivity contribution in [3.63, 3.8) is 0 Å². The van der Waals surface area contributed by atoms with Gasteiger partial charge in [0.05, 0.1) is 22.4 Å². The minimum absolute atomic E-state index is 0.517. The van der Waals surface area contributed by atoms with Gasteiger partial charge in [0.25, 0.3) is 0 Å². The molecular formula is C41H29N3. The molecule has 0 radical (unpaired) electrons. The van der Waals surface area contributed by atoms with Crippen LogP contribution < -0.4 is 0 Å². The lowest BCUT2D eigenvalue weighted by Gasteiger charge is -2.29. The second-order valence-corrected chi connectivity index (χ2v) is 11.9. The summed E-state index contributed by atoms with van der Waals surface area (Å²) in [6, 6.07) is 38.5. The predicted octanol–water partition coefficient (Wildman–Crippen LogP) is 10.4. The Kier molecular flexibility index (Phi) is 5.77. The fourth-order valence-electron chi connectivity index (χ4n) is 7.18. The number of allylic oxidation sites excluding steroid dienone is 6. The van der Waals surface area contributed by atoms with Crippen LogP contribution in [0.1, 0.15) is 18.5 Å². The zero-order valence-corrected chi connectivity index (χ0v) is 24.2. The van der Waals surface area contributed by atoms with E-state index in [4.69, 9.17) is 15.0 Å². The Labute approximate surface area is 256 Å². The molecule has 0 bridgehead atoms. The average Bonchev–Trinajstić information content (AvgIpc) is 3.10. The topological polar surface area (TPSA) is 38.7 Å². The normalized spacial score (nSPS) is 17.8. The van der Waals surface area contributed by atoms with Gasteiger partial charge in [-0.05, 0) is 59.2 Å². The molecule has 0 saturated heterocycles. The number of fused-ring (bicyclic) bond motifs is 7. The third-order valence-electron chi connectivity index (χ3n) is 9.36. The highest BCUT2D eigenvalue weighted by atomic mass is 14.9. The molecule has 0 spiro atoms. The third kappa shape index (κ3) is 4.08. The van der Waals surface area contributed by atoms with Crippen molar-refractivity contribution in [2.45, 2.75) is 12.8 Å². The molecule has 0 fully saturated rings. The molecule has 3 heteroatoms. The van der Waals surface area contributed by atoms with E-state index in [2.05, 4.69) is 140 Å². The molecule has 3 nitrogen and oxygen atoms in total. The predicted molar refractivity (Wildman–Crippen MR) is 183 cm³/mol. The summed E-state index contributed by atoms with van der Waals surface area (Å²) in [5.41, 5.74) is 7.37. The van der Waals surface area contributed by atoms with Crippen molar-refractivity contribution in [3.05, 3.63) is 145 Å². The van der Waals surface area contributed by atoms with Crippen molar-refractivity contribution in [2.75, 3.05) is 0 Å². The van der Waals surface area contributed by atoms with Crippen LogP contribution in [-0.4, -0.2) is 15.0 Å². The summed E-state index contributed by atoms with van der Waals surface area (Å²) in [6.45, 7) is 0. The van der Waals surface area contributed by atoms with Crippen LogP contribution in [0.25, 0.3) is 71.6 Å². The van der Waals surface area contributed by atoms with E-state index in [1.54, 1.807) is 0 Å². The van der Waals surface area contributed by atoms with Gasteiger partial charge in [0, 0.05) is 32.7 Å². The monoisotopic (exact) mass is 563 g/mol. The minimum atomic E-state index is 0.517. The van der Waals surface area contributed by atoms with E-state index < -0.39 is 0 Å². The first kappa shape index (κ1) is 25.1. The molecule has 0 amide bonds. The Bertz CT molecular complexity index is 2350. The SMILES string of the molecule is C1=CC2CC=C(c3nc(-c4cccc(-c5nc6ccccc6c6c5ccc5ccccc56)c4)nc4ccccc34)CC2C=C1. The first-order valence-corrected chi connectivity index (χ1v) is 15.4. The maximum Gasteiger partial charge on any atom is 0.160 e. The lowest BCUT2D eigenvalue weighted by Crippen LogP contribution is -2.17. The number of nitrogens with zero attached hydrogens (tertiary/aromatic N) is 3. The quantitative estimate of drug-likeness (QED) is 0.201. The maximum atomic E-state index is 5.28. The van der Waals surface area contributed by atoms with Crippen molar-refractivity contribution in [3.8, 4) is 22.6 Å². The molecule has 2 aromatic heterocycles. The summed E-state index contributed by atoms with van der Waals surface area (Å²) in [7, 11) is 0. The molecule has 0 N–H and O–H groups in total. The van der Waals surface area contributed by atoms with Crippen LogP contribution in [0.5, 0.6) is 0 Å². The van der Waals surface area contributed by atoms with E-state index in [9.17, 15) is 0 Å². The van der Waals surface area contributed by atoms with Crippen molar-refractivity contribution in [1.82, 2.24) is 15.0 Å². The van der Waals surface area contributed by atoms with Crippen LogP contribution in [0.3, 0.4) is 0 Å². The van der Waals surface area contributed by atoms with E-state index >= 15 is 0 Å². The lowest BCUT2D eigenvalue weighted by molar-refractivity contribution is 0.467. The van der Waals surface area contributed by atoms with Gasteiger partial charge in [0.2, 0.25) is 0 Å². The van der Waals surface area contributed by atoms with Crippen LogP contribution >= 0.6 is 0 Å². The van der Waals surface area contributed by atoms with Crippen LogP contribution in [0.15, 0.2) is 140 Å². The van der Waals surface area contributed by atoms with Crippen LogP contribution in [0.2, 0.25) is 0 Å². The van der Waals surface area contributed by atoms with Crippen molar-refractivity contribution in [1.29, 1.82) is 0 Å². The second-order valence-electron chi connectivity index (χ2n) is 11.9. The summed E-state index contributed by atoms with van der Waals surface area (Å²) in [6.07, 6.45) is 13.5. The van der Waals surface area contributed by atoms with E-state index in [-0.39, 0.29) is 0 Å². The van der Waals surface area contributed by atoms with Crippen molar-refractivity contribution in [2.24, 2.45) is 11.8 Å². The van der Waals surface area contributed by atoms with Crippen LogP contribution in [-0.2, 0) is 0 Å². The maximum absolute atomic E-state index is 5.28. The lowest BCUT2D eigenvalue weighted by atomic mass is 9.76. The molecular weight excluding hydrogens is 534 g/mol. The number of rotatable bonds is 3. The fourth-order valence-corrected chi connectivity index (χ4v) is 7.18. The standard InChI is InChI=1S/C41H29N3/c1-2-12-28-24-30(21-20-26(28)10-1)39-34-17-6-8-19-37(34)43-41(44-39)31-14-9-13-29(25-31)40-35-23-22-27-11-3-4-15-32(27)38(35)33-16-5-7-18-36(33)42-40/h1-19,21-23,25-26,28H,20,24H2. The average molecular weight is 564 g/mol. The molecule has 2 aliphatic carbocycles. The van der Waals surface area contributed by atoms with E-state index in [1.807, 2.05) is 0 Å². The van der Waals surface area contributed by atoms with Gasteiger partial charge in [-0.15, -0.1) is 0 Å². The van der Waals surface area contributed by atoms with Gasteiger partial charge in [-0.25, -0.2) is 15.0 Å². The molecule has 2 atom stereocenters. The molecule has 0 saturated carbocycles. The summed E-state index contributed by atoms with van der Waals surface area (Å²) in [5.74, 6) is 1.84. The highest BCUT2D eigenvalue weighted by Crippen LogP contribution is 2.41. The first-order chi connectivity index (χ1) is 21.8. The Morgan fingerprint density at radius 2 is 1.25 bits per heavy atom. The molecule has 208 valence electrons. The largest absolute Gasteiger partial charge is 0.247 e. The van der Waals surface area contributed by atoms with E-state index in [1.165, 1.54) is 27.1 Å². The fraction of sp³-hybridized carbons (Fsp3) is 0.0976. The second kappa shape index (κ2) is 10.1. The number of hydrogen-bond acceptors (Lipinski definition) is 3. The first-order valence-electron chi connectivity index (χ1n) is 15.4. The highest BCUT2D eigenvalue weighted by Gasteiger charge is 2.26. The summed E-state index contributed by atoms with van der Waals surface area (Å²) in [5, 5.41) is 7.16. The molecule has 2 unspecified atom stereocenters. The van der Waals surface area contributed by atoms with Crippen molar-refractivity contribution < 1.29 is 0 Å². The van der Waals surface area contributed by atoms with Gasteiger partial charge in [-0.1, -0.05) is 121 Å². The van der Waals surface area contributed by atoms with Gasteiger partial charge in [-0.2, -0.15) is 0 Å². The van der Waals surface area contributed by atoms with Gasteiger partial charge >= 0.3 is 0 Å². The Balaban J connectivity index is 1.22. The summed E-state index contributed by atoms with van der Waals surface area (Å²) in [4.78, 5) is 15.6. The molecule has 44 heavy (non-hydrogen) atoms. The zero-order valence-electron chi connectivity index (χ0n) is 24.2. The summed E-state index contributed by atoms with van der Waals surface area (Å²) >= 11 is 0. The number of para-hydroxylation sites is 2. The third-order valence-corrected chi connectivity index (χ3v) is 9.36. The molecule has 7 aromatic rings. The minimum Gasteiger partial charge on any atom is -0.247 e. The molecule has 5 aromatic carbocycles. The van der Waals surface area contributed by atoms with E-state index in [0.717, 1.165) is 63.0 Å². The van der Waals surface area contributed by atoms with Crippen LogP contribution in [0.4, 0.5) is 0 Å². The van der Waals surface area contributed by atoms with Gasteiger partial charge in [-0.3, -0.25) is 0 Å². The summed E-state index contributed by atoms with van der Waals surface area (Å²) < 4.78 is 0. The van der Waals surface area contributed by atoms with Gasteiger partial charge in [0.15, 0.2) is 5.82 Å². The number of hydrogen-bond donors (Lipinski definition) is 0. The van der Waals surface area contributed by atoms with Gasteiger partial charge < -0.3 is 0 Å². The molecule has 2 aliphatic rings. The number of pyridine rings is 1. The molecule has 2 heterocycles. The Morgan fingerprint density at radius 3 is 2.14 bits per heavy atom. The zero-order chi connectivity index (χ0) is 29.0. The highest BCUT2D eigenvalue weighted by molar-refractivity contribution is 6.22. The van der Waals surface area contributed by atoms with Gasteiger partial charge in [0.1, 0.15) is 0 Å². The Morgan fingerprint density at radius 1 is 0.523 bits per heavy atom. The molecule has 0 aliphatic heterocycles. The van der Waals surface area contributed by atoms with E-state index in [0.29, 0.717) is 11.8 Å². The molecule has 9 rings (SSSR count). The number of benzene rings is 5. The number of aromatic nitrogens is 3. The van der Waals surface area contributed by atoms with Crippen LogP contribution in [0, 0.1) is 11.8 Å². The van der Waals surface area contributed by atoms with Crippen molar-refractivity contribution >= 4 is 48.9 Å².